The second-order valence-corrected chi connectivity index (χ2v) is 7.18. The summed E-state index contributed by atoms with van der Waals surface area (Å²) in [7, 11) is 1.84. The molecule has 0 saturated heterocycles. The number of aliphatic imine (C=N–C) groups is 1. The van der Waals surface area contributed by atoms with Crippen LogP contribution in [0.2, 0.25) is 0 Å². The van der Waals surface area contributed by atoms with E-state index in [4.69, 9.17) is 4.74 Å². The SMILES string of the molecule is CN=C(NCCc1ccc2c(c1)CCO2)NCC1CC1c1ccccc1.I. The maximum atomic E-state index is 5.57. The summed E-state index contributed by atoms with van der Waals surface area (Å²) in [4.78, 5) is 4.35. The third-order valence-electron chi connectivity index (χ3n) is 5.37. The lowest BCUT2D eigenvalue weighted by molar-refractivity contribution is 0.357. The minimum Gasteiger partial charge on any atom is -0.493 e. The molecule has 144 valence electrons. The fraction of sp³-hybridized carbons (Fsp3) is 0.409. The van der Waals surface area contributed by atoms with Crippen molar-refractivity contribution in [2.45, 2.75) is 25.2 Å². The third kappa shape index (κ3) is 5.15. The molecule has 27 heavy (non-hydrogen) atoms. The summed E-state index contributed by atoms with van der Waals surface area (Å²) in [5.41, 5.74) is 4.15. The summed E-state index contributed by atoms with van der Waals surface area (Å²) in [6, 6.07) is 17.3. The van der Waals surface area contributed by atoms with E-state index in [9.17, 15) is 0 Å². The second-order valence-electron chi connectivity index (χ2n) is 7.18. The van der Waals surface area contributed by atoms with Gasteiger partial charge in [-0.1, -0.05) is 42.5 Å². The van der Waals surface area contributed by atoms with Gasteiger partial charge >= 0.3 is 0 Å². The average molecular weight is 477 g/mol. The van der Waals surface area contributed by atoms with Crippen molar-refractivity contribution in [1.82, 2.24) is 10.6 Å². The highest BCUT2D eigenvalue weighted by Gasteiger charge is 2.37. The van der Waals surface area contributed by atoms with Crippen LogP contribution >= 0.6 is 24.0 Å². The maximum absolute atomic E-state index is 5.57. The summed E-state index contributed by atoms with van der Waals surface area (Å²) in [5.74, 6) is 3.37. The minimum atomic E-state index is 0. The molecular formula is C22H28IN3O. The number of hydrogen-bond donors (Lipinski definition) is 2. The van der Waals surface area contributed by atoms with Crippen molar-refractivity contribution in [3.8, 4) is 5.75 Å². The Labute approximate surface area is 178 Å². The number of nitrogens with zero attached hydrogens (tertiary/aromatic N) is 1. The van der Waals surface area contributed by atoms with Gasteiger partial charge in [-0.05, 0) is 47.4 Å². The van der Waals surface area contributed by atoms with E-state index in [0.717, 1.165) is 44.2 Å². The van der Waals surface area contributed by atoms with Crippen LogP contribution in [0.1, 0.15) is 29.0 Å². The number of halogens is 1. The van der Waals surface area contributed by atoms with Crippen LogP contribution in [-0.4, -0.2) is 32.7 Å². The summed E-state index contributed by atoms with van der Waals surface area (Å²) >= 11 is 0. The lowest BCUT2D eigenvalue weighted by Gasteiger charge is -2.12. The van der Waals surface area contributed by atoms with Crippen molar-refractivity contribution in [3.63, 3.8) is 0 Å². The Hall–Kier alpha value is -1.76. The molecule has 5 heteroatoms. The lowest BCUT2D eigenvalue weighted by atomic mass is 10.1. The molecule has 2 N–H and O–H groups in total. The first-order chi connectivity index (χ1) is 12.8. The number of hydrogen-bond acceptors (Lipinski definition) is 2. The minimum absolute atomic E-state index is 0. The van der Waals surface area contributed by atoms with Crippen molar-refractivity contribution in [2.75, 3.05) is 26.7 Å². The van der Waals surface area contributed by atoms with Crippen LogP contribution in [0.4, 0.5) is 0 Å². The van der Waals surface area contributed by atoms with Crippen LogP contribution in [0, 0.1) is 5.92 Å². The van der Waals surface area contributed by atoms with E-state index in [1.807, 2.05) is 7.05 Å². The molecule has 1 saturated carbocycles. The predicted molar refractivity (Wildman–Crippen MR) is 121 cm³/mol. The van der Waals surface area contributed by atoms with Crippen LogP contribution in [0.25, 0.3) is 0 Å². The molecule has 2 atom stereocenters. The van der Waals surface area contributed by atoms with Crippen molar-refractivity contribution >= 4 is 29.9 Å². The molecule has 2 aromatic rings. The Bertz CT molecular complexity index is 778. The van der Waals surface area contributed by atoms with Gasteiger partial charge in [0.2, 0.25) is 0 Å². The van der Waals surface area contributed by atoms with Gasteiger partial charge in [0.15, 0.2) is 5.96 Å². The number of ether oxygens (including phenoxy) is 1. The van der Waals surface area contributed by atoms with Crippen LogP contribution < -0.4 is 15.4 Å². The first-order valence-corrected chi connectivity index (χ1v) is 9.57. The monoisotopic (exact) mass is 477 g/mol. The van der Waals surface area contributed by atoms with Gasteiger partial charge in [0.05, 0.1) is 6.61 Å². The Morgan fingerprint density at radius 1 is 1.15 bits per heavy atom. The van der Waals surface area contributed by atoms with Crippen molar-refractivity contribution in [2.24, 2.45) is 10.9 Å². The third-order valence-corrected chi connectivity index (χ3v) is 5.37. The highest BCUT2D eigenvalue weighted by molar-refractivity contribution is 14.0. The largest absolute Gasteiger partial charge is 0.493 e. The van der Waals surface area contributed by atoms with Gasteiger partial charge in [0, 0.05) is 26.6 Å². The quantitative estimate of drug-likeness (QED) is 0.379. The zero-order chi connectivity index (χ0) is 17.8. The smallest absolute Gasteiger partial charge is 0.190 e. The Kier molecular flexibility index (Phi) is 6.99. The number of nitrogens with one attached hydrogen (secondary N) is 2. The molecule has 2 aromatic carbocycles. The van der Waals surface area contributed by atoms with Crippen molar-refractivity contribution in [1.29, 1.82) is 0 Å². The standard InChI is InChI=1S/C22H27N3O.HI/c1-23-22(25-15-19-14-20(19)17-5-3-2-4-6-17)24-11-9-16-7-8-21-18(13-16)10-12-26-21;/h2-8,13,19-20H,9-12,14-15H2,1H3,(H2,23,24,25);1H. The molecular weight excluding hydrogens is 449 g/mol. The second kappa shape index (κ2) is 9.44. The molecule has 4 nitrogen and oxygen atoms in total. The molecule has 0 spiro atoms. The van der Waals surface area contributed by atoms with Crippen molar-refractivity contribution in [3.05, 3.63) is 65.2 Å². The molecule has 1 aliphatic heterocycles. The van der Waals surface area contributed by atoms with Gasteiger partial charge in [-0.2, -0.15) is 0 Å². The van der Waals surface area contributed by atoms with Crippen LogP contribution in [0.5, 0.6) is 5.75 Å². The Morgan fingerprint density at radius 3 is 2.81 bits per heavy atom. The van der Waals surface area contributed by atoms with Gasteiger partial charge in [-0.25, -0.2) is 0 Å². The predicted octanol–water partition coefficient (Wildman–Crippen LogP) is 3.75. The zero-order valence-electron chi connectivity index (χ0n) is 15.8. The van der Waals surface area contributed by atoms with E-state index in [0.29, 0.717) is 11.8 Å². The number of rotatable bonds is 6. The van der Waals surface area contributed by atoms with E-state index in [-0.39, 0.29) is 24.0 Å². The summed E-state index contributed by atoms with van der Waals surface area (Å²) < 4.78 is 5.57. The maximum Gasteiger partial charge on any atom is 0.190 e. The topological polar surface area (TPSA) is 45.7 Å². The zero-order valence-corrected chi connectivity index (χ0v) is 18.1. The molecule has 0 aromatic heterocycles. The molecule has 0 amide bonds. The fourth-order valence-corrected chi connectivity index (χ4v) is 3.75. The highest BCUT2D eigenvalue weighted by atomic mass is 127. The van der Waals surface area contributed by atoms with Crippen LogP contribution in [-0.2, 0) is 12.8 Å². The normalized spacial score (nSPS) is 20.3. The molecule has 4 rings (SSSR count). The van der Waals surface area contributed by atoms with Gasteiger partial charge in [0.25, 0.3) is 0 Å². The number of fused-ring (bicyclic) bond motifs is 1. The highest BCUT2D eigenvalue weighted by Crippen LogP contribution is 2.46. The molecule has 0 bridgehead atoms. The molecule has 0 radical (unpaired) electrons. The van der Waals surface area contributed by atoms with Gasteiger partial charge in [-0.15, -0.1) is 24.0 Å². The lowest BCUT2D eigenvalue weighted by Crippen LogP contribution is -2.39. The average Bonchev–Trinajstić information content (AvgIpc) is 3.31. The van der Waals surface area contributed by atoms with E-state index >= 15 is 0 Å². The van der Waals surface area contributed by atoms with Gasteiger partial charge in [0.1, 0.15) is 5.75 Å². The first kappa shape index (κ1) is 20.0. The van der Waals surface area contributed by atoms with Crippen molar-refractivity contribution < 1.29 is 4.74 Å². The molecule has 2 unspecified atom stereocenters. The summed E-state index contributed by atoms with van der Waals surface area (Å²) in [6.45, 7) is 2.68. The van der Waals surface area contributed by atoms with E-state index in [2.05, 4.69) is 64.2 Å². The number of guanidine groups is 1. The first-order valence-electron chi connectivity index (χ1n) is 9.57. The van der Waals surface area contributed by atoms with Crippen LogP contribution in [0.15, 0.2) is 53.5 Å². The van der Waals surface area contributed by atoms with Crippen LogP contribution in [0.3, 0.4) is 0 Å². The van der Waals surface area contributed by atoms with Gasteiger partial charge < -0.3 is 15.4 Å². The Balaban J connectivity index is 0.00000210. The van der Waals surface area contributed by atoms with E-state index < -0.39 is 0 Å². The fourth-order valence-electron chi connectivity index (χ4n) is 3.75. The molecule has 2 aliphatic rings. The molecule has 1 heterocycles. The van der Waals surface area contributed by atoms with Gasteiger partial charge in [-0.3, -0.25) is 4.99 Å². The summed E-state index contributed by atoms with van der Waals surface area (Å²) in [6.07, 6.45) is 3.29. The molecule has 1 aliphatic carbocycles. The van der Waals surface area contributed by atoms with E-state index in [1.165, 1.54) is 23.1 Å². The number of benzene rings is 2. The summed E-state index contributed by atoms with van der Waals surface area (Å²) in [5, 5.41) is 6.91. The molecule has 1 fully saturated rings. The van der Waals surface area contributed by atoms with E-state index in [1.54, 1.807) is 0 Å². The Morgan fingerprint density at radius 2 is 2.00 bits per heavy atom.